The van der Waals surface area contributed by atoms with Crippen molar-refractivity contribution in [3.63, 3.8) is 0 Å². The number of unbranched alkanes of at least 4 members (excludes halogenated alkanes) is 11. The van der Waals surface area contributed by atoms with Crippen LogP contribution in [0.5, 0.6) is 0 Å². The zero-order valence-corrected chi connectivity index (χ0v) is 25.6. The summed E-state index contributed by atoms with van der Waals surface area (Å²) < 4.78 is 12.3. The maximum atomic E-state index is 10.6. The first-order chi connectivity index (χ1) is 19.1. The highest BCUT2D eigenvalue weighted by atomic mass is 16.7. The Morgan fingerprint density at radius 1 is 0.667 bits per heavy atom. The summed E-state index contributed by atoms with van der Waals surface area (Å²) in [6.45, 7) is 8.87. The molecule has 0 unspecified atom stereocenters. The molecule has 0 amide bonds. The van der Waals surface area contributed by atoms with Crippen LogP contribution in [0.25, 0.3) is 0 Å². The number of aliphatic carboxylic acids is 1. The Kier molecular flexibility index (Phi) is 30.3. The molecule has 0 radical (unpaired) electrons. The van der Waals surface area contributed by atoms with Crippen LogP contribution in [0.1, 0.15) is 136 Å². The summed E-state index contributed by atoms with van der Waals surface area (Å²) in [5, 5.41) is 18.1. The fourth-order valence-corrected chi connectivity index (χ4v) is 4.56. The van der Waals surface area contributed by atoms with Crippen molar-refractivity contribution in [1.29, 1.82) is 0 Å². The quantitative estimate of drug-likeness (QED) is 0.0511. The van der Waals surface area contributed by atoms with Crippen molar-refractivity contribution in [2.75, 3.05) is 39.5 Å². The first-order valence-corrected chi connectivity index (χ1v) is 16.2. The summed E-state index contributed by atoms with van der Waals surface area (Å²) in [4.78, 5) is 13.0. The Morgan fingerprint density at radius 2 is 1.18 bits per heavy atom. The Bertz CT molecular complexity index is 542. The number of aliphatic hydroxyl groups excluding tert-OH is 1. The van der Waals surface area contributed by atoms with E-state index < -0.39 is 5.97 Å². The number of nitrogens with zero attached hydrogens (tertiary/aromatic N) is 1. The van der Waals surface area contributed by atoms with E-state index in [4.69, 9.17) is 14.6 Å². The summed E-state index contributed by atoms with van der Waals surface area (Å²) in [5.74, 6) is -0.704. The molecule has 0 fully saturated rings. The maximum absolute atomic E-state index is 10.6. The minimum absolute atomic E-state index is 0.0714. The third-order valence-electron chi connectivity index (χ3n) is 6.89. The fourth-order valence-electron chi connectivity index (χ4n) is 4.56. The molecule has 0 aliphatic heterocycles. The van der Waals surface area contributed by atoms with Crippen LogP contribution in [0.15, 0.2) is 24.3 Å². The van der Waals surface area contributed by atoms with Gasteiger partial charge in [-0.05, 0) is 96.6 Å². The van der Waals surface area contributed by atoms with Gasteiger partial charge in [-0.25, -0.2) is 0 Å². The molecule has 0 saturated carbocycles. The molecule has 0 spiro atoms. The third kappa shape index (κ3) is 29.6. The average molecular weight is 554 g/mol. The number of aliphatic hydroxyl groups is 1. The predicted molar refractivity (Wildman–Crippen MR) is 164 cm³/mol. The lowest BCUT2D eigenvalue weighted by molar-refractivity contribution is -0.147. The highest BCUT2D eigenvalue weighted by Crippen LogP contribution is 2.14. The van der Waals surface area contributed by atoms with Crippen LogP contribution in [-0.2, 0) is 14.3 Å². The molecular weight excluding hydrogens is 490 g/mol. The van der Waals surface area contributed by atoms with Gasteiger partial charge in [0.2, 0.25) is 0 Å². The number of hydrogen-bond donors (Lipinski definition) is 2. The lowest BCUT2D eigenvalue weighted by Crippen LogP contribution is -2.29. The van der Waals surface area contributed by atoms with E-state index in [1.54, 1.807) is 0 Å². The molecule has 39 heavy (non-hydrogen) atoms. The van der Waals surface area contributed by atoms with Gasteiger partial charge in [0.25, 0.3) is 0 Å². The van der Waals surface area contributed by atoms with Gasteiger partial charge in [-0.15, -0.1) is 0 Å². The van der Waals surface area contributed by atoms with Crippen molar-refractivity contribution in [3.05, 3.63) is 24.3 Å². The lowest BCUT2D eigenvalue weighted by atomic mass is 10.1. The summed E-state index contributed by atoms with van der Waals surface area (Å²) in [6.07, 6.45) is 29.0. The first kappa shape index (κ1) is 37.8. The second kappa shape index (κ2) is 31.3. The van der Waals surface area contributed by atoms with Gasteiger partial charge in [0.1, 0.15) is 0 Å². The zero-order valence-electron chi connectivity index (χ0n) is 25.6. The van der Waals surface area contributed by atoms with Crippen molar-refractivity contribution in [2.45, 2.75) is 142 Å². The SMILES string of the molecule is CC/C=C\CCCCOC(CCCCCCCN(CCO)CCCCCCC(=O)O)OCCCC/C=C\CC. The van der Waals surface area contributed by atoms with Crippen LogP contribution in [0.2, 0.25) is 0 Å². The Hall–Kier alpha value is -1.21. The largest absolute Gasteiger partial charge is 0.481 e. The van der Waals surface area contributed by atoms with E-state index in [0.717, 1.165) is 116 Å². The van der Waals surface area contributed by atoms with E-state index in [0.29, 0.717) is 0 Å². The van der Waals surface area contributed by atoms with E-state index in [9.17, 15) is 9.90 Å². The van der Waals surface area contributed by atoms with Crippen LogP contribution in [0, 0.1) is 0 Å². The molecule has 0 aliphatic carbocycles. The van der Waals surface area contributed by atoms with E-state index in [2.05, 4.69) is 43.1 Å². The number of carboxylic acids is 1. The molecule has 0 aromatic heterocycles. The second-order valence-corrected chi connectivity index (χ2v) is 10.6. The predicted octanol–water partition coefficient (Wildman–Crippen LogP) is 8.29. The Labute approximate surface area is 241 Å². The standard InChI is InChI=1S/C33H63NO5/c1-3-5-7-9-16-22-30-38-33(39-31-23-17-10-8-6-4-2)25-19-12-11-14-20-26-34(28-29-35)27-21-15-13-18-24-32(36)37/h5-8,33,35H,3-4,9-31H2,1-2H3,(H,36,37)/b7-5-,8-6-. The molecule has 0 aromatic carbocycles. The van der Waals surface area contributed by atoms with Gasteiger partial charge in [-0.3, -0.25) is 4.79 Å². The summed E-state index contributed by atoms with van der Waals surface area (Å²) in [6, 6.07) is 0. The van der Waals surface area contributed by atoms with Crippen LogP contribution >= 0.6 is 0 Å². The Morgan fingerprint density at radius 3 is 1.69 bits per heavy atom. The van der Waals surface area contributed by atoms with E-state index >= 15 is 0 Å². The monoisotopic (exact) mass is 553 g/mol. The van der Waals surface area contributed by atoms with Gasteiger partial charge in [0, 0.05) is 26.2 Å². The number of rotatable bonds is 31. The highest BCUT2D eigenvalue weighted by Gasteiger charge is 2.10. The van der Waals surface area contributed by atoms with Gasteiger partial charge in [0.15, 0.2) is 6.29 Å². The molecule has 0 heterocycles. The minimum Gasteiger partial charge on any atom is -0.481 e. The molecule has 0 aliphatic rings. The number of carbonyl (C=O) groups is 1. The number of allylic oxidation sites excluding steroid dienone is 4. The van der Waals surface area contributed by atoms with Crippen LogP contribution < -0.4 is 0 Å². The van der Waals surface area contributed by atoms with Crippen LogP contribution in [-0.4, -0.2) is 66.8 Å². The lowest BCUT2D eigenvalue weighted by Gasteiger charge is -2.21. The van der Waals surface area contributed by atoms with Gasteiger partial charge in [-0.1, -0.05) is 70.3 Å². The van der Waals surface area contributed by atoms with Crippen LogP contribution in [0.4, 0.5) is 0 Å². The van der Waals surface area contributed by atoms with Crippen molar-refractivity contribution in [1.82, 2.24) is 4.90 Å². The number of hydrogen-bond acceptors (Lipinski definition) is 5. The van der Waals surface area contributed by atoms with Crippen LogP contribution in [0.3, 0.4) is 0 Å². The van der Waals surface area contributed by atoms with Gasteiger partial charge >= 0.3 is 5.97 Å². The normalized spacial score (nSPS) is 12.1. The number of ether oxygens (including phenoxy) is 2. The fraction of sp³-hybridized carbons (Fsp3) is 0.848. The summed E-state index contributed by atoms with van der Waals surface area (Å²) in [7, 11) is 0. The van der Waals surface area contributed by atoms with Crippen molar-refractivity contribution in [2.24, 2.45) is 0 Å². The second-order valence-electron chi connectivity index (χ2n) is 10.6. The van der Waals surface area contributed by atoms with E-state index in [-0.39, 0.29) is 19.3 Å². The van der Waals surface area contributed by atoms with Crippen molar-refractivity contribution < 1.29 is 24.5 Å². The van der Waals surface area contributed by atoms with Gasteiger partial charge in [-0.2, -0.15) is 0 Å². The van der Waals surface area contributed by atoms with Gasteiger partial charge < -0.3 is 24.6 Å². The smallest absolute Gasteiger partial charge is 0.303 e. The topological polar surface area (TPSA) is 79.2 Å². The molecule has 0 saturated heterocycles. The molecule has 6 nitrogen and oxygen atoms in total. The average Bonchev–Trinajstić information content (AvgIpc) is 2.92. The van der Waals surface area contributed by atoms with Crippen molar-refractivity contribution >= 4 is 5.97 Å². The summed E-state index contributed by atoms with van der Waals surface area (Å²) >= 11 is 0. The zero-order chi connectivity index (χ0) is 28.7. The van der Waals surface area contributed by atoms with E-state index in [1.165, 1.54) is 32.1 Å². The first-order valence-electron chi connectivity index (χ1n) is 16.2. The molecule has 0 aromatic rings. The number of carboxylic acid groups (broad SMARTS) is 1. The third-order valence-corrected chi connectivity index (χ3v) is 6.89. The Balaban J connectivity index is 4.07. The molecule has 230 valence electrons. The van der Waals surface area contributed by atoms with Gasteiger partial charge in [0.05, 0.1) is 6.61 Å². The molecule has 0 rings (SSSR count). The molecule has 0 atom stereocenters. The molecular formula is C33H63NO5. The van der Waals surface area contributed by atoms with Crippen molar-refractivity contribution in [3.8, 4) is 0 Å². The highest BCUT2D eigenvalue weighted by molar-refractivity contribution is 5.66. The molecule has 0 bridgehead atoms. The minimum atomic E-state index is -0.704. The summed E-state index contributed by atoms with van der Waals surface area (Å²) in [5.41, 5.74) is 0. The molecule has 6 heteroatoms. The molecule has 2 N–H and O–H groups in total. The van der Waals surface area contributed by atoms with E-state index in [1.807, 2.05) is 0 Å². The maximum Gasteiger partial charge on any atom is 0.303 e.